The molecule has 116 valence electrons. The van der Waals surface area contributed by atoms with E-state index in [2.05, 4.69) is 42.6 Å². The van der Waals surface area contributed by atoms with Crippen molar-refractivity contribution in [3.63, 3.8) is 0 Å². The molecule has 0 amide bonds. The fourth-order valence-electron chi connectivity index (χ4n) is 3.26. The summed E-state index contributed by atoms with van der Waals surface area (Å²) in [6, 6.07) is 21.6. The van der Waals surface area contributed by atoms with Gasteiger partial charge in [-0.1, -0.05) is 55.0 Å². The van der Waals surface area contributed by atoms with E-state index in [4.69, 9.17) is 4.74 Å². The summed E-state index contributed by atoms with van der Waals surface area (Å²) in [6.45, 7) is 2.24. The van der Waals surface area contributed by atoms with Crippen LogP contribution in [0.1, 0.15) is 44.2 Å². The molecule has 1 saturated carbocycles. The molecule has 0 aromatic heterocycles. The highest BCUT2D eigenvalue weighted by atomic mass is 16.5. The van der Waals surface area contributed by atoms with Gasteiger partial charge < -0.3 is 10.1 Å². The first-order valence-electron chi connectivity index (χ1n) is 8.35. The second-order valence-corrected chi connectivity index (χ2v) is 6.16. The van der Waals surface area contributed by atoms with Crippen molar-refractivity contribution in [2.75, 3.05) is 0 Å². The molecule has 0 spiro atoms. The average molecular weight is 295 g/mol. The van der Waals surface area contributed by atoms with Gasteiger partial charge in [0.05, 0.1) is 0 Å². The Bertz CT molecular complexity index is 554. The van der Waals surface area contributed by atoms with Crippen LogP contribution in [0.25, 0.3) is 0 Å². The largest absolute Gasteiger partial charge is 0.489 e. The molecule has 2 aromatic carbocycles. The zero-order valence-corrected chi connectivity index (χ0v) is 13.2. The SMILES string of the molecule is C[C@H](N[C@H]1CCCC[C@H]1Oc1ccccc1)c1ccccc1. The third kappa shape index (κ3) is 3.89. The Morgan fingerprint density at radius 2 is 1.55 bits per heavy atom. The fraction of sp³-hybridized carbons (Fsp3) is 0.400. The number of rotatable bonds is 5. The standard InChI is InChI=1S/C20H25NO/c1-16(17-10-4-2-5-11-17)21-19-14-8-9-15-20(19)22-18-12-6-3-7-13-18/h2-7,10-13,16,19-21H,8-9,14-15H2,1H3/t16-,19-,20+/m0/s1. The van der Waals surface area contributed by atoms with Crippen LogP contribution < -0.4 is 10.1 Å². The van der Waals surface area contributed by atoms with E-state index < -0.39 is 0 Å². The Balaban J connectivity index is 1.65. The number of hydrogen-bond acceptors (Lipinski definition) is 2. The maximum absolute atomic E-state index is 6.24. The van der Waals surface area contributed by atoms with E-state index in [-0.39, 0.29) is 6.10 Å². The predicted octanol–water partition coefficient (Wildman–Crippen LogP) is 4.73. The predicted molar refractivity (Wildman–Crippen MR) is 91.1 cm³/mol. The Labute approximate surface area is 133 Å². The van der Waals surface area contributed by atoms with E-state index in [0.29, 0.717) is 12.1 Å². The van der Waals surface area contributed by atoms with Crippen molar-refractivity contribution in [1.29, 1.82) is 0 Å². The van der Waals surface area contributed by atoms with Crippen molar-refractivity contribution < 1.29 is 4.74 Å². The highest BCUT2D eigenvalue weighted by Crippen LogP contribution is 2.26. The van der Waals surface area contributed by atoms with Crippen LogP contribution in [0.5, 0.6) is 5.75 Å². The van der Waals surface area contributed by atoms with Gasteiger partial charge in [-0.05, 0) is 43.9 Å². The summed E-state index contributed by atoms with van der Waals surface area (Å²) in [5.41, 5.74) is 1.34. The molecule has 0 saturated heterocycles. The maximum Gasteiger partial charge on any atom is 0.119 e. The Kier molecular flexibility index (Phi) is 5.12. The van der Waals surface area contributed by atoms with Crippen LogP contribution in [0, 0.1) is 0 Å². The van der Waals surface area contributed by atoms with E-state index in [1.807, 2.05) is 30.3 Å². The maximum atomic E-state index is 6.24. The van der Waals surface area contributed by atoms with Gasteiger partial charge in [-0.25, -0.2) is 0 Å². The lowest BCUT2D eigenvalue weighted by molar-refractivity contribution is 0.108. The van der Waals surface area contributed by atoms with Gasteiger partial charge in [0.15, 0.2) is 0 Å². The van der Waals surface area contributed by atoms with E-state index in [9.17, 15) is 0 Å². The molecule has 2 heteroatoms. The third-order valence-corrected chi connectivity index (χ3v) is 4.50. The zero-order valence-electron chi connectivity index (χ0n) is 13.2. The molecule has 2 nitrogen and oxygen atoms in total. The minimum absolute atomic E-state index is 0.266. The summed E-state index contributed by atoms with van der Waals surface area (Å²) in [4.78, 5) is 0. The number of nitrogens with one attached hydrogen (secondary N) is 1. The van der Waals surface area contributed by atoms with Gasteiger partial charge in [-0.3, -0.25) is 0 Å². The number of ether oxygens (including phenoxy) is 1. The van der Waals surface area contributed by atoms with Gasteiger partial charge >= 0.3 is 0 Å². The molecule has 22 heavy (non-hydrogen) atoms. The minimum atomic E-state index is 0.266. The Morgan fingerprint density at radius 3 is 2.27 bits per heavy atom. The molecule has 0 unspecified atom stereocenters. The Morgan fingerprint density at radius 1 is 0.909 bits per heavy atom. The zero-order chi connectivity index (χ0) is 15.2. The number of para-hydroxylation sites is 1. The van der Waals surface area contributed by atoms with E-state index in [1.165, 1.54) is 24.8 Å². The second kappa shape index (κ2) is 7.46. The molecule has 0 radical (unpaired) electrons. The topological polar surface area (TPSA) is 21.3 Å². The van der Waals surface area contributed by atoms with Crippen LogP contribution in [0.4, 0.5) is 0 Å². The highest BCUT2D eigenvalue weighted by molar-refractivity contribution is 5.22. The molecule has 1 aliphatic rings. The Hall–Kier alpha value is -1.80. The summed E-state index contributed by atoms with van der Waals surface area (Å²) in [6.07, 6.45) is 5.13. The lowest BCUT2D eigenvalue weighted by atomic mass is 9.91. The molecule has 2 aromatic rings. The van der Waals surface area contributed by atoms with Gasteiger partial charge in [-0.2, -0.15) is 0 Å². The van der Waals surface area contributed by atoms with Gasteiger partial charge in [0.2, 0.25) is 0 Å². The van der Waals surface area contributed by atoms with Crippen LogP contribution in [-0.2, 0) is 0 Å². The molecule has 0 bridgehead atoms. The number of hydrogen-bond donors (Lipinski definition) is 1. The van der Waals surface area contributed by atoms with Crippen LogP contribution >= 0.6 is 0 Å². The van der Waals surface area contributed by atoms with Crippen molar-refractivity contribution in [1.82, 2.24) is 5.32 Å². The first-order valence-corrected chi connectivity index (χ1v) is 8.35. The van der Waals surface area contributed by atoms with Crippen molar-refractivity contribution in [2.24, 2.45) is 0 Å². The minimum Gasteiger partial charge on any atom is -0.489 e. The van der Waals surface area contributed by atoms with Gasteiger partial charge in [0.1, 0.15) is 11.9 Å². The highest BCUT2D eigenvalue weighted by Gasteiger charge is 2.28. The molecule has 0 aliphatic heterocycles. The van der Waals surface area contributed by atoms with Crippen molar-refractivity contribution >= 4 is 0 Å². The van der Waals surface area contributed by atoms with Crippen LogP contribution in [0.15, 0.2) is 60.7 Å². The van der Waals surface area contributed by atoms with Crippen LogP contribution in [0.2, 0.25) is 0 Å². The molecule has 1 fully saturated rings. The first-order chi connectivity index (χ1) is 10.8. The first kappa shape index (κ1) is 15.1. The number of benzene rings is 2. The molecule has 3 rings (SSSR count). The summed E-state index contributed by atoms with van der Waals surface area (Å²) in [5, 5.41) is 3.78. The van der Waals surface area contributed by atoms with Crippen molar-refractivity contribution in [2.45, 2.75) is 50.8 Å². The molecule has 3 atom stereocenters. The van der Waals surface area contributed by atoms with Gasteiger partial charge in [0.25, 0.3) is 0 Å². The summed E-state index contributed by atoms with van der Waals surface area (Å²) in [5.74, 6) is 0.980. The van der Waals surface area contributed by atoms with E-state index in [0.717, 1.165) is 12.2 Å². The molecule has 1 N–H and O–H groups in total. The normalized spacial score (nSPS) is 23.0. The summed E-state index contributed by atoms with van der Waals surface area (Å²) >= 11 is 0. The van der Waals surface area contributed by atoms with Crippen LogP contribution in [-0.4, -0.2) is 12.1 Å². The third-order valence-electron chi connectivity index (χ3n) is 4.50. The lowest BCUT2D eigenvalue weighted by Gasteiger charge is -2.34. The fourth-order valence-corrected chi connectivity index (χ4v) is 3.26. The summed E-state index contributed by atoms with van der Waals surface area (Å²) in [7, 11) is 0. The monoisotopic (exact) mass is 295 g/mol. The molecular weight excluding hydrogens is 270 g/mol. The van der Waals surface area contributed by atoms with Crippen molar-refractivity contribution in [3.8, 4) is 5.75 Å². The summed E-state index contributed by atoms with van der Waals surface area (Å²) < 4.78 is 6.24. The second-order valence-electron chi connectivity index (χ2n) is 6.16. The smallest absolute Gasteiger partial charge is 0.119 e. The van der Waals surface area contributed by atoms with Gasteiger partial charge in [-0.15, -0.1) is 0 Å². The molecule has 1 aliphatic carbocycles. The molecule has 0 heterocycles. The van der Waals surface area contributed by atoms with E-state index in [1.54, 1.807) is 0 Å². The molecular formula is C20H25NO. The van der Waals surface area contributed by atoms with E-state index >= 15 is 0 Å². The lowest BCUT2D eigenvalue weighted by Crippen LogP contribution is -2.46. The van der Waals surface area contributed by atoms with Gasteiger partial charge in [0, 0.05) is 12.1 Å². The average Bonchev–Trinajstić information content (AvgIpc) is 2.58. The van der Waals surface area contributed by atoms with Crippen LogP contribution in [0.3, 0.4) is 0 Å². The van der Waals surface area contributed by atoms with Crippen molar-refractivity contribution in [3.05, 3.63) is 66.2 Å². The quantitative estimate of drug-likeness (QED) is 0.861.